The Morgan fingerprint density at radius 1 is 1.24 bits per heavy atom. The average molecular weight is 232 g/mol. The molecular formula is C16H24O. The van der Waals surface area contributed by atoms with Crippen LogP contribution in [0.5, 0.6) is 0 Å². The van der Waals surface area contributed by atoms with Crippen molar-refractivity contribution in [1.29, 1.82) is 0 Å². The summed E-state index contributed by atoms with van der Waals surface area (Å²) in [6.07, 6.45) is 10.4. The van der Waals surface area contributed by atoms with Gasteiger partial charge in [-0.25, -0.2) is 0 Å². The van der Waals surface area contributed by atoms with Gasteiger partial charge in [0.15, 0.2) is 0 Å². The van der Waals surface area contributed by atoms with Gasteiger partial charge >= 0.3 is 0 Å². The molecule has 1 heteroatoms. The van der Waals surface area contributed by atoms with E-state index in [1.807, 2.05) is 32.9 Å². The van der Waals surface area contributed by atoms with Gasteiger partial charge in [0, 0.05) is 0 Å². The monoisotopic (exact) mass is 232 g/mol. The number of rotatable bonds is 5. The number of allylic oxidation sites excluding steroid dienone is 8. The maximum absolute atomic E-state index is 9.30. The van der Waals surface area contributed by atoms with Crippen molar-refractivity contribution in [3.05, 3.63) is 59.4 Å². The first-order valence-electron chi connectivity index (χ1n) is 5.96. The highest BCUT2D eigenvalue weighted by Crippen LogP contribution is 2.19. The summed E-state index contributed by atoms with van der Waals surface area (Å²) in [6.45, 7) is 13.6. The second-order valence-corrected chi connectivity index (χ2v) is 4.26. The van der Waals surface area contributed by atoms with Gasteiger partial charge in [-0.15, -0.1) is 0 Å². The smallest absolute Gasteiger partial charge is 0.111 e. The quantitative estimate of drug-likeness (QED) is 0.516. The van der Waals surface area contributed by atoms with E-state index >= 15 is 0 Å². The molecule has 0 aliphatic rings. The Morgan fingerprint density at radius 2 is 1.82 bits per heavy atom. The molecule has 0 aliphatic carbocycles. The molecule has 1 unspecified atom stereocenters. The maximum atomic E-state index is 9.30. The highest BCUT2D eigenvalue weighted by molar-refractivity contribution is 5.34. The Kier molecular flexibility index (Phi) is 7.04. The Morgan fingerprint density at radius 3 is 2.24 bits per heavy atom. The predicted octanol–water partition coefficient (Wildman–Crippen LogP) is 5.11. The Balaban J connectivity index is 4.99. The molecule has 94 valence electrons. The molecular weight excluding hydrogens is 208 g/mol. The lowest BCUT2D eigenvalue weighted by atomic mass is 9.96. The maximum Gasteiger partial charge on any atom is 0.111 e. The number of hydrogen-bond donors (Lipinski definition) is 1. The van der Waals surface area contributed by atoms with E-state index in [2.05, 4.69) is 38.7 Å². The van der Waals surface area contributed by atoms with Crippen LogP contribution >= 0.6 is 0 Å². The minimum atomic E-state index is 0.130. The van der Waals surface area contributed by atoms with Crippen LogP contribution in [0.2, 0.25) is 0 Å². The zero-order valence-corrected chi connectivity index (χ0v) is 11.6. The lowest BCUT2D eigenvalue weighted by Gasteiger charge is -2.10. The molecule has 0 aromatic carbocycles. The van der Waals surface area contributed by atoms with Crippen molar-refractivity contribution in [1.82, 2.24) is 0 Å². The fraction of sp³-hybridized carbons (Fsp3) is 0.375. The van der Waals surface area contributed by atoms with Gasteiger partial charge in [0.1, 0.15) is 5.76 Å². The Hall–Kier alpha value is -1.50. The highest BCUT2D eigenvalue weighted by Gasteiger charge is 2.04. The molecule has 0 saturated carbocycles. The van der Waals surface area contributed by atoms with Crippen LogP contribution in [0.4, 0.5) is 0 Å². The lowest BCUT2D eigenvalue weighted by Crippen LogP contribution is -1.95. The summed E-state index contributed by atoms with van der Waals surface area (Å²) in [6, 6.07) is 0. The van der Waals surface area contributed by atoms with Crippen LogP contribution < -0.4 is 0 Å². The van der Waals surface area contributed by atoms with Gasteiger partial charge in [-0.1, -0.05) is 49.5 Å². The first-order chi connectivity index (χ1) is 7.92. The van der Waals surface area contributed by atoms with Crippen molar-refractivity contribution in [2.75, 3.05) is 0 Å². The van der Waals surface area contributed by atoms with Crippen LogP contribution in [-0.2, 0) is 0 Å². The van der Waals surface area contributed by atoms with Gasteiger partial charge in [-0.3, -0.25) is 0 Å². The van der Waals surface area contributed by atoms with Crippen molar-refractivity contribution >= 4 is 0 Å². The first-order valence-corrected chi connectivity index (χ1v) is 5.96. The van der Waals surface area contributed by atoms with Crippen LogP contribution in [0.3, 0.4) is 0 Å². The molecule has 0 fully saturated rings. The minimum Gasteiger partial charge on any atom is -0.508 e. The molecule has 0 aromatic heterocycles. The second kappa shape index (κ2) is 7.72. The molecule has 0 radical (unpaired) electrons. The summed E-state index contributed by atoms with van der Waals surface area (Å²) in [5.74, 6) is 0.455. The van der Waals surface area contributed by atoms with E-state index in [0.29, 0.717) is 5.92 Å². The van der Waals surface area contributed by atoms with Gasteiger partial charge in [0.25, 0.3) is 0 Å². The van der Waals surface area contributed by atoms with Crippen molar-refractivity contribution < 1.29 is 5.11 Å². The van der Waals surface area contributed by atoms with Crippen LogP contribution in [0.25, 0.3) is 0 Å². The van der Waals surface area contributed by atoms with Crippen molar-refractivity contribution in [3.63, 3.8) is 0 Å². The minimum absolute atomic E-state index is 0.130. The lowest BCUT2D eigenvalue weighted by molar-refractivity contribution is 0.426. The zero-order valence-electron chi connectivity index (χ0n) is 11.6. The SMILES string of the molecule is C=C(O)/C(C)=C/C(=C\C)C(C)/C=C(C)\C=C/C. The number of aliphatic hydroxyl groups is 1. The third-order valence-corrected chi connectivity index (χ3v) is 2.64. The molecule has 0 saturated heterocycles. The average Bonchev–Trinajstić information content (AvgIpc) is 2.25. The molecule has 1 N–H and O–H groups in total. The van der Waals surface area contributed by atoms with Crippen LogP contribution in [0, 0.1) is 5.92 Å². The summed E-state index contributed by atoms with van der Waals surface area (Å²) in [4.78, 5) is 0. The molecule has 0 bridgehead atoms. The first kappa shape index (κ1) is 15.5. The largest absolute Gasteiger partial charge is 0.508 e. The third-order valence-electron chi connectivity index (χ3n) is 2.64. The van der Waals surface area contributed by atoms with Crippen LogP contribution in [0.1, 0.15) is 34.6 Å². The molecule has 0 amide bonds. The Bertz CT molecular complexity index is 378. The highest BCUT2D eigenvalue weighted by atomic mass is 16.3. The second-order valence-electron chi connectivity index (χ2n) is 4.26. The standard InChI is InChI=1S/C16H24O/c1-7-9-12(3)10-14(5)16(8-2)11-13(4)15(6)17/h7-11,14,17H,6H2,1-5H3/b9-7-,12-10-,13-11+,16-8+. The van der Waals surface area contributed by atoms with Gasteiger partial charge in [0.05, 0.1) is 0 Å². The molecule has 0 spiro atoms. The molecule has 0 aromatic rings. The number of aliphatic hydroxyl groups excluding tert-OH is 1. The number of hydrogen-bond acceptors (Lipinski definition) is 1. The van der Waals surface area contributed by atoms with E-state index in [4.69, 9.17) is 0 Å². The molecule has 1 nitrogen and oxygen atoms in total. The van der Waals surface area contributed by atoms with Crippen molar-refractivity contribution in [3.8, 4) is 0 Å². The van der Waals surface area contributed by atoms with E-state index < -0.39 is 0 Å². The normalized spacial score (nSPS) is 16.4. The van der Waals surface area contributed by atoms with E-state index in [-0.39, 0.29) is 5.76 Å². The van der Waals surface area contributed by atoms with E-state index in [1.54, 1.807) is 0 Å². The zero-order chi connectivity index (χ0) is 13.4. The van der Waals surface area contributed by atoms with Crippen molar-refractivity contribution in [2.45, 2.75) is 34.6 Å². The Labute approximate surface area is 106 Å². The summed E-state index contributed by atoms with van der Waals surface area (Å²) >= 11 is 0. The molecule has 0 aliphatic heterocycles. The summed E-state index contributed by atoms with van der Waals surface area (Å²) in [5, 5.41) is 9.30. The predicted molar refractivity (Wildman–Crippen MR) is 77.0 cm³/mol. The van der Waals surface area contributed by atoms with E-state index in [9.17, 15) is 5.11 Å². The molecule has 17 heavy (non-hydrogen) atoms. The van der Waals surface area contributed by atoms with Crippen molar-refractivity contribution in [2.24, 2.45) is 5.92 Å². The summed E-state index contributed by atoms with van der Waals surface area (Å²) in [5.41, 5.74) is 3.23. The third kappa shape index (κ3) is 5.96. The van der Waals surface area contributed by atoms with Gasteiger partial charge < -0.3 is 5.11 Å². The van der Waals surface area contributed by atoms with Gasteiger partial charge in [-0.05, 0) is 44.8 Å². The van der Waals surface area contributed by atoms with E-state index in [1.165, 1.54) is 11.1 Å². The summed E-state index contributed by atoms with van der Waals surface area (Å²) < 4.78 is 0. The van der Waals surface area contributed by atoms with Crippen LogP contribution in [0.15, 0.2) is 59.4 Å². The summed E-state index contributed by atoms with van der Waals surface area (Å²) in [7, 11) is 0. The molecule has 0 rings (SSSR count). The fourth-order valence-electron chi connectivity index (χ4n) is 1.62. The molecule has 0 heterocycles. The van der Waals surface area contributed by atoms with Gasteiger partial charge in [-0.2, -0.15) is 0 Å². The van der Waals surface area contributed by atoms with E-state index in [0.717, 1.165) is 5.57 Å². The fourth-order valence-corrected chi connectivity index (χ4v) is 1.62. The topological polar surface area (TPSA) is 20.2 Å². The van der Waals surface area contributed by atoms with Crippen LogP contribution in [-0.4, -0.2) is 5.11 Å². The molecule has 1 atom stereocenters. The van der Waals surface area contributed by atoms with Gasteiger partial charge in [0.2, 0.25) is 0 Å².